The Balaban J connectivity index is 1.80. The van der Waals surface area contributed by atoms with Crippen LogP contribution in [0.5, 0.6) is 0 Å². The third-order valence-electron chi connectivity index (χ3n) is 3.46. The normalized spacial score (nSPS) is 14.7. The van der Waals surface area contributed by atoms with Gasteiger partial charge in [-0.1, -0.05) is 0 Å². The van der Waals surface area contributed by atoms with Gasteiger partial charge in [-0.15, -0.1) is 0 Å². The third-order valence-corrected chi connectivity index (χ3v) is 4.12. The highest BCUT2D eigenvalue weighted by Gasteiger charge is 2.15. The highest BCUT2D eigenvalue weighted by atomic mass is 79.9. The SMILES string of the molecule is N#Cc1ccc(NCCC(=O)N2CCCCC2)c(Br)c1. The number of carbonyl (C=O) groups is 1. The lowest BCUT2D eigenvalue weighted by Crippen LogP contribution is -2.36. The topological polar surface area (TPSA) is 56.1 Å². The second kappa shape index (κ2) is 7.30. The molecule has 1 saturated heterocycles. The van der Waals surface area contributed by atoms with Gasteiger partial charge < -0.3 is 10.2 Å². The fraction of sp³-hybridized carbons (Fsp3) is 0.467. The van der Waals surface area contributed by atoms with E-state index in [1.165, 1.54) is 6.42 Å². The van der Waals surface area contributed by atoms with Gasteiger partial charge in [0.1, 0.15) is 0 Å². The van der Waals surface area contributed by atoms with Crippen LogP contribution in [-0.4, -0.2) is 30.4 Å². The van der Waals surface area contributed by atoms with E-state index in [0.717, 1.165) is 36.1 Å². The van der Waals surface area contributed by atoms with E-state index in [0.29, 0.717) is 18.5 Å². The summed E-state index contributed by atoms with van der Waals surface area (Å²) >= 11 is 3.42. The van der Waals surface area contributed by atoms with Crippen molar-refractivity contribution >= 4 is 27.5 Å². The molecule has 0 bridgehead atoms. The number of likely N-dealkylation sites (tertiary alicyclic amines) is 1. The largest absolute Gasteiger partial charge is 0.384 e. The van der Waals surface area contributed by atoms with Crippen LogP contribution in [0.1, 0.15) is 31.2 Å². The van der Waals surface area contributed by atoms with Gasteiger partial charge in [0, 0.05) is 36.2 Å². The van der Waals surface area contributed by atoms with Crippen LogP contribution < -0.4 is 5.32 Å². The van der Waals surface area contributed by atoms with Crippen molar-refractivity contribution in [3.8, 4) is 6.07 Å². The summed E-state index contributed by atoms with van der Waals surface area (Å²) in [7, 11) is 0. The van der Waals surface area contributed by atoms with E-state index >= 15 is 0 Å². The fourth-order valence-corrected chi connectivity index (χ4v) is 2.85. The Morgan fingerprint density at radius 1 is 1.35 bits per heavy atom. The van der Waals surface area contributed by atoms with Crippen molar-refractivity contribution in [2.24, 2.45) is 0 Å². The average molecular weight is 336 g/mol. The summed E-state index contributed by atoms with van der Waals surface area (Å²) < 4.78 is 0.849. The van der Waals surface area contributed by atoms with Crippen molar-refractivity contribution in [2.45, 2.75) is 25.7 Å². The van der Waals surface area contributed by atoms with Crippen molar-refractivity contribution in [1.82, 2.24) is 4.90 Å². The molecular formula is C15H18BrN3O. The first-order valence-corrected chi connectivity index (χ1v) is 7.71. The number of nitrogens with one attached hydrogen (secondary N) is 1. The van der Waals surface area contributed by atoms with Gasteiger partial charge in [-0.05, 0) is 53.4 Å². The number of hydrogen-bond acceptors (Lipinski definition) is 3. The summed E-state index contributed by atoms with van der Waals surface area (Å²) in [6.07, 6.45) is 3.99. The quantitative estimate of drug-likeness (QED) is 0.919. The predicted octanol–water partition coefficient (Wildman–Crippen LogP) is 3.14. The lowest BCUT2D eigenvalue weighted by molar-refractivity contribution is -0.131. The Bertz CT molecular complexity index is 518. The average Bonchev–Trinajstić information content (AvgIpc) is 2.49. The number of amides is 1. The van der Waals surface area contributed by atoms with E-state index in [4.69, 9.17) is 5.26 Å². The number of halogens is 1. The van der Waals surface area contributed by atoms with E-state index in [9.17, 15) is 4.79 Å². The van der Waals surface area contributed by atoms with E-state index in [2.05, 4.69) is 27.3 Å². The maximum atomic E-state index is 12.0. The van der Waals surface area contributed by atoms with Gasteiger partial charge in [0.15, 0.2) is 0 Å². The molecule has 5 heteroatoms. The molecule has 1 N–H and O–H groups in total. The molecule has 1 aliphatic heterocycles. The molecule has 2 rings (SSSR count). The molecule has 0 aromatic heterocycles. The zero-order chi connectivity index (χ0) is 14.4. The summed E-state index contributed by atoms with van der Waals surface area (Å²) in [5.74, 6) is 0.224. The highest BCUT2D eigenvalue weighted by molar-refractivity contribution is 9.10. The zero-order valence-corrected chi connectivity index (χ0v) is 12.9. The summed E-state index contributed by atoms with van der Waals surface area (Å²) in [5.41, 5.74) is 1.53. The first-order valence-electron chi connectivity index (χ1n) is 6.92. The summed E-state index contributed by atoms with van der Waals surface area (Å²) in [6.45, 7) is 2.42. The summed E-state index contributed by atoms with van der Waals surface area (Å²) in [5, 5.41) is 12.0. The second-order valence-electron chi connectivity index (χ2n) is 4.92. The van der Waals surface area contributed by atoms with Crippen molar-refractivity contribution in [2.75, 3.05) is 25.0 Å². The Kier molecular flexibility index (Phi) is 5.42. The number of carbonyl (C=O) groups excluding carboxylic acids is 1. The predicted molar refractivity (Wildman–Crippen MR) is 82.4 cm³/mol. The molecule has 0 atom stereocenters. The number of anilines is 1. The molecule has 0 spiro atoms. The molecular weight excluding hydrogens is 318 g/mol. The number of hydrogen-bond donors (Lipinski definition) is 1. The maximum absolute atomic E-state index is 12.0. The van der Waals surface area contributed by atoms with Crippen molar-refractivity contribution in [3.63, 3.8) is 0 Å². The molecule has 1 amide bonds. The number of piperidine rings is 1. The van der Waals surface area contributed by atoms with Crippen LogP contribution in [-0.2, 0) is 4.79 Å². The van der Waals surface area contributed by atoms with Gasteiger partial charge in [0.2, 0.25) is 5.91 Å². The lowest BCUT2D eigenvalue weighted by atomic mass is 10.1. The Morgan fingerprint density at radius 2 is 2.10 bits per heavy atom. The maximum Gasteiger partial charge on any atom is 0.224 e. The molecule has 1 aromatic rings. The molecule has 0 aliphatic carbocycles. The van der Waals surface area contributed by atoms with Gasteiger partial charge in [-0.3, -0.25) is 4.79 Å². The third kappa shape index (κ3) is 3.97. The molecule has 4 nitrogen and oxygen atoms in total. The highest BCUT2D eigenvalue weighted by Crippen LogP contribution is 2.23. The van der Waals surface area contributed by atoms with Crippen LogP contribution >= 0.6 is 15.9 Å². The van der Waals surface area contributed by atoms with Gasteiger partial charge in [-0.25, -0.2) is 0 Å². The zero-order valence-electron chi connectivity index (χ0n) is 11.4. The van der Waals surface area contributed by atoms with Gasteiger partial charge in [0.25, 0.3) is 0 Å². The van der Waals surface area contributed by atoms with Crippen LogP contribution in [0.25, 0.3) is 0 Å². The van der Waals surface area contributed by atoms with Crippen molar-refractivity contribution in [3.05, 3.63) is 28.2 Å². The fourth-order valence-electron chi connectivity index (χ4n) is 2.33. The van der Waals surface area contributed by atoms with Crippen LogP contribution in [0.4, 0.5) is 5.69 Å². The molecule has 106 valence electrons. The number of nitriles is 1. The monoisotopic (exact) mass is 335 g/mol. The minimum absolute atomic E-state index is 0.224. The van der Waals surface area contributed by atoms with Gasteiger partial charge >= 0.3 is 0 Å². The molecule has 1 fully saturated rings. The van der Waals surface area contributed by atoms with Crippen LogP contribution in [0.3, 0.4) is 0 Å². The Morgan fingerprint density at radius 3 is 2.75 bits per heavy atom. The smallest absolute Gasteiger partial charge is 0.224 e. The molecule has 0 saturated carbocycles. The lowest BCUT2D eigenvalue weighted by Gasteiger charge is -2.26. The number of nitrogens with zero attached hydrogens (tertiary/aromatic N) is 2. The Labute approximate surface area is 127 Å². The van der Waals surface area contributed by atoms with E-state index in [-0.39, 0.29) is 5.91 Å². The van der Waals surface area contributed by atoms with Crippen LogP contribution in [0.2, 0.25) is 0 Å². The number of benzene rings is 1. The first kappa shape index (κ1) is 14.9. The van der Waals surface area contributed by atoms with Crippen LogP contribution in [0.15, 0.2) is 22.7 Å². The van der Waals surface area contributed by atoms with E-state index in [1.807, 2.05) is 11.0 Å². The minimum Gasteiger partial charge on any atom is -0.384 e. The molecule has 20 heavy (non-hydrogen) atoms. The Hall–Kier alpha value is -1.54. The molecule has 0 radical (unpaired) electrons. The molecule has 0 unspecified atom stereocenters. The second-order valence-corrected chi connectivity index (χ2v) is 5.78. The van der Waals surface area contributed by atoms with Crippen molar-refractivity contribution in [1.29, 1.82) is 5.26 Å². The molecule has 1 aliphatic rings. The first-order chi connectivity index (χ1) is 9.70. The summed E-state index contributed by atoms with van der Waals surface area (Å²) in [4.78, 5) is 14.0. The standard InChI is InChI=1S/C15H18BrN3O/c16-13-10-12(11-17)4-5-14(13)18-7-6-15(20)19-8-2-1-3-9-19/h4-5,10,18H,1-3,6-9H2. The molecule has 1 aromatic carbocycles. The van der Waals surface area contributed by atoms with Gasteiger partial charge in [0.05, 0.1) is 11.6 Å². The van der Waals surface area contributed by atoms with E-state index < -0.39 is 0 Å². The minimum atomic E-state index is 0.224. The van der Waals surface area contributed by atoms with Gasteiger partial charge in [-0.2, -0.15) is 5.26 Å². The van der Waals surface area contributed by atoms with E-state index in [1.54, 1.807) is 12.1 Å². The van der Waals surface area contributed by atoms with Crippen molar-refractivity contribution < 1.29 is 4.79 Å². The molecule has 1 heterocycles. The summed E-state index contributed by atoms with van der Waals surface area (Å²) in [6, 6.07) is 7.48. The van der Waals surface area contributed by atoms with Crippen LogP contribution in [0, 0.1) is 11.3 Å². The number of rotatable bonds is 4.